The van der Waals surface area contributed by atoms with Crippen LogP contribution in [-0.4, -0.2) is 31.9 Å². The van der Waals surface area contributed by atoms with E-state index in [1.165, 1.54) is 6.21 Å². The molecule has 1 amide bonds. The van der Waals surface area contributed by atoms with Crippen LogP contribution in [0.15, 0.2) is 65.8 Å². The summed E-state index contributed by atoms with van der Waals surface area (Å²) >= 11 is 0. The molecule has 1 atom stereocenters. The highest BCUT2D eigenvalue weighted by Gasteiger charge is 2.14. The normalized spacial score (nSPS) is 12.0. The van der Waals surface area contributed by atoms with E-state index in [-0.39, 0.29) is 5.91 Å². The molecular formula is C23H24N2O4. The van der Waals surface area contributed by atoms with E-state index in [0.717, 1.165) is 10.8 Å². The van der Waals surface area contributed by atoms with Crippen LogP contribution in [0.3, 0.4) is 0 Å². The summed E-state index contributed by atoms with van der Waals surface area (Å²) in [5, 5.41) is 6.20. The molecule has 6 nitrogen and oxygen atoms in total. The first-order valence-electron chi connectivity index (χ1n) is 9.40. The number of hydrazone groups is 1. The predicted octanol–water partition coefficient (Wildman–Crippen LogP) is 4.16. The van der Waals surface area contributed by atoms with Gasteiger partial charge in [-0.2, -0.15) is 5.10 Å². The molecule has 3 rings (SSSR count). The molecule has 0 radical (unpaired) electrons. The molecule has 0 aliphatic carbocycles. The second-order valence-corrected chi connectivity index (χ2v) is 6.34. The summed E-state index contributed by atoms with van der Waals surface area (Å²) in [6, 6.07) is 19.1. The van der Waals surface area contributed by atoms with Crippen LogP contribution < -0.4 is 19.6 Å². The van der Waals surface area contributed by atoms with Gasteiger partial charge in [-0.15, -0.1) is 0 Å². The highest BCUT2D eigenvalue weighted by atomic mass is 16.5. The number of rotatable bonds is 8. The molecule has 3 aromatic rings. The van der Waals surface area contributed by atoms with Crippen LogP contribution in [0.1, 0.15) is 19.4 Å². The van der Waals surface area contributed by atoms with E-state index in [4.69, 9.17) is 14.2 Å². The number of carbonyl (C=O) groups is 1. The van der Waals surface area contributed by atoms with Gasteiger partial charge in [0.15, 0.2) is 6.10 Å². The standard InChI is InChI=1S/C23H24N2O4/c1-4-28-22-12-11-20(27-3)14-19(22)15-24-25-23(26)16(2)29-21-10-9-17-7-5-6-8-18(17)13-21/h5-16H,4H2,1-3H3,(H,25,26). The maximum Gasteiger partial charge on any atom is 0.280 e. The van der Waals surface area contributed by atoms with E-state index < -0.39 is 6.10 Å². The molecule has 0 bridgehead atoms. The van der Waals surface area contributed by atoms with Crippen LogP contribution in [0, 0.1) is 0 Å². The van der Waals surface area contributed by atoms with Gasteiger partial charge in [-0.25, -0.2) is 5.43 Å². The SMILES string of the molecule is CCOc1ccc(OC)cc1C=NNC(=O)C(C)Oc1ccc2ccccc2c1. The number of nitrogens with one attached hydrogen (secondary N) is 1. The number of ether oxygens (including phenoxy) is 3. The third-order valence-electron chi connectivity index (χ3n) is 4.30. The number of hydrogen-bond donors (Lipinski definition) is 1. The van der Waals surface area contributed by atoms with Crippen molar-refractivity contribution in [3.8, 4) is 17.2 Å². The van der Waals surface area contributed by atoms with E-state index in [1.807, 2.05) is 49.4 Å². The van der Waals surface area contributed by atoms with Crippen LogP contribution in [0.25, 0.3) is 10.8 Å². The molecule has 0 aliphatic rings. The van der Waals surface area contributed by atoms with Gasteiger partial charge in [0, 0.05) is 5.56 Å². The van der Waals surface area contributed by atoms with Gasteiger partial charge in [0.2, 0.25) is 0 Å². The van der Waals surface area contributed by atoms with E-state index >= 15 is 0 Å². The quantitative estimate of drug-likeness (QED) is 0.462. The van der Waals surface area contributed by atoms with E-state index in [9.17, 15) is 4.79 Å². The van der Waals surface area contributed by atoms with E-state index in [2.05, 4.69) is 10.5 Å². The van der Waals surface area contributed by atoms with Gasteiger partial charge in [0.05, 0.1) is 19.9 Å². The third-order valence-corrected chi connectivity index (χ3v) is 4.30. The zero-order valence-electron chi connectivity index (χ0n) is 16.7. The predicted molar refractivity (Wildman–Crippen MR) is 114 cm³/mol. The Kier molecular flexibility index (Phi) is 6.68. The fraction of sp³-hybridized carbons (Fsp3) is 0.217. The number of carbonyl (C=O) groups excluding carboxylic acids is 1. The summed E-state index contributed by atoms with van der Waals surface area (Å²) in [5.41, 5.74) is 3.21. The zero-order chi connectivity index (χ0) is 20.6. The van der Waals surface area contributed by atoms with Crippen molar-refractivity contribution in [1.82, 2.24) is 5.43 Å². The van der Waals surface area contributed by atoms with Gasteiger partial charge < -0.3 is 14.2 Å². The average Bonchev–Trinajstić information content (AvgIpc) is 2.74. The van der Waals surface area contributed by atoms with Crippen molar-refractivity contribution < 1.29 is 19.0 Å². The summed E-state index contributed by atoms with van der Waals surface area (Å²) in [6.45, 7) is 4.10. The minimum Gasteiger partial charge on any atom is -0.497 e. The fourth-order valence-electron chi connectivity index (χ4n) is 2.80. The molecule has 0 aromatic heterocycles. The summed E-state index contributed by atoms with van der Waals surface area (Å²) in [6.07, 6.45) is 0.818. The number of fused-ring (bicyclic) bond motifs is 1. The molecular weight excluding hydrogens is 368 g/mol. The van der Waals surface area contributed by atoms with Crippen molar-refractivity contribution in [2.75, 3.05) is 13.7 Å². The minimum atomic E-state index is -0.704. The van der Waals surface area contributed by atoms with Crippen LogP contribution >= 0.6 is 0 Å². The molecule has 0 heterocycles. The molecule has 0 saturated heterocycles. The maximum atomic E-state index is 12.3. The second kappa shape index (κ2) is 9.59. The molecule has 0 fully saturated rings. The number of nitrogens with zero attached hydrogens (tertiary/aromatic N) is 1. The van der Waals surface area contributed by atoms with E-state index in [1.54, 1.807) is 32.2 Å². The highest BCUT2D eigenvalue weighted by molar-refractivity contribution is 5.87. The Morgan fingerprint density at radius 3 is 2.59 bits per heavy atom. The van der Waals surface area contributed by atoms with E-state index in [0.29, 0.717) is 29.4 Å². The lowest BCUT2D eigenvalue weighted by molar-refractivity contribution is -0.127. The summed E-state index contributed by atoms with van der Waals surface area (Å²) < 4.78 is 16.6. The first kappa shape index (κ1) is 20.2. The van der Waals surface area contributed by atoms with Crippen molar-refractivity contribution in [2.45, 2.75) is 20.0 Å². The van der Waals surface area contributed by atoms with Gasteiger partial charge in [-0.1, -0.05) is 30.3 Å². The Morgan fingerprint density at radius 2 is 1.83 bits per heavy atom. The molecule has 29 heavy (non-hydrogen) atoms. The lowest BCUT2D eigenvalue weighted by Gasteiger charge is -2.13. The number of methoxy groups -OCH3 is 1. The topological polar surface area (TPSA) is 69.2 Å². The van der Waals surface area contributed by atoms with Crippen LogP contribution in [0.2, 0.25) is 0 Å². The maximum absolute atomic E-state index is 12.3. The molecule has 1 N–H and O–H groups in total. The number of hydrogen-bond acceptors (Lipinski definition) is 5. The van der Waals surface area contributed by atoms with Gasteiger partial charge >= 0.3 is 0 Å². The highest BCUT2D eigenvalue weighted by Crippen LogP contribution is 2.23. The third kappa shape index (κ3) is 5.25. The number of amides is 1. The van der Waals surface area contributed by atoms with Crippen molar-refractivity contribution in [3.63, 3.8) is 0 Å². The molecule has 3 aromatic carbocycles. The Bertz CT molecular complexity index is 1020. The summed E-state index contributed by atoms with van der Waals surface area (Å²) in [7, 11) is 1.59. The van der Waals surface area contributed by atoms with Crippen molar-refractivity contribution >= 4 is 22.9 Å². The lowest BCUT2D eigenvalue weighted by Crippen LogP contribution is -2.33. The Hall–Kier alpha value is -3.54. The lowest BCUT2D eigenvalue weighted by atomic mass is 10.1. The first-order chi connectivity index (χ1) is 14.1. The van der Waals surface area contributed by atoms with Crippen LogP contribution in [0.4, 0.5) is 0 Å². The van der Waals surface area contributed by atoms with Crippen LogP contribution in [0.5, 0.6) is 17.2 Å². The smallest absolute Gasteiger partial charge is 0.280 e. The van der Waals surface area contributed by atoms with Crippen molar-refractivity contribution in [2.24, 2.45) is 5.10 Å². The van der Waals surface area contributed by atoms with Gasteiger partial charge in [0.1, 0.15) is 17.2 Å². The fourth-order valence-corrected chi connectivity index (χ4v) is 2.80. The second-order valence-electron chi connectivity index (χ2n) is 6.34. The summed E-state index contributed by atoms with van der Waals surface area (Å²) in [4.78, 5) is 12.3. The van der Waals surface area contributed by atoms with Crippen molar-refractivity contribution in [3.05, 3.63) is 66.2 Å². The largest absolute Gasteiger partial charge is 0.497 e. The van der Waals surface area contributed by atoms with Crippen LogP contribution in [-0.2, 0) is 4.79 Å². The molecule has 1 unspecified atom stereocenters. The minimum absolute atomic E-state index is 0.352. The first-order valence-corrected chi connectivity index (χ1v) is 9.40. The average molecular weight is 392 g/mol. The van der Waals surface area contributed by atoms with Gasteiger partial charge in [0.25, 0.3) is 5.91 Å². The molecule has 6 heteroatoms. The molecule has 150 valence electrons. The Balaban J connectivity index is 1.63. The summed E-state index contributed by atoms with van der Waals surface area (Å²) in [5.74, 6) is 1.61. The molecule has 0 aliphatic heterocycles. The Morgan fingerprint density at radius 1 is 1.07 bits per heavy atom. The Labute approximate surface area is 170 Å². The van der Waals surface area contributed by atoms with Gasteiger partial charge in [-0.3, -0.25) is 4.79 Å². The monoisotopic (exact) mass is 392 g/mol. The van der Waals surface area contributed by atoms with Crippen molar-refractivity contribution in [1.29, 1.82) is 0 Å². The number of benzene rings is 3. The molecule has 0 spiro atoms. The molecule has 0 saturated carbocycles. The van der Waals surface area contributed by atoms with Gasteiger partial charge in [-0.05, 0) is 55.0 Å². The zero-order valence-corrected chi connectivity index (χ0v) is 16.7.